The molecule has 1 amide bonds. The van der Waals surface area contributed by atoms with Crippen molar-refractivity contribution < 1.29 is 27.9 Å². The summed E-state index contributed by atoms with van der Waals surface area (Å²) in [5.41, 5.74) is 5.56. The molecule has 0 saturated carbocycles. The highest BCUT2D eigenvalue weighted by molar-refractivity contribution is 9.10. The fourth-order valence-corrected chi connectivity index (χ4v) is 3.71. The maximum Gasteiger partial charge on any atom is 0.416 e. The number of carbonyl (C=O) groups excluding carboxylic acids is 1. The first-order chi connectivity index (χ1) is 15.9. The summed E-state index contributed by atoms with van der Waals surface area (Å²) >= 11 is 9.07. The van der Waals surface area contributed by atoms with E-state index in [4.69, 9.17) is 17.3 Å². The van der Waals surface area contributed by atoms with Gasteiger partial charge in [-0.2, -0.15) is 13.2 Å². The minimum Gasteiger partial charge on any atom is -0.478 e. The zero-order valence-corrected chi connectivity index (χ0v) is 19.9. The third-order valence-electron chi connectivity index (χ3n) is 5.03. The van der Waals surface area contributed by atoms with Crippen LogP contribution in [0.3, 0.4) is 0 Å². The van der Waals surface area contributed by atoms with Gasteiger partial charge in [0, 0.05) is 23.8 Å². The highest BCUT2D eigenvalue weighted by Crippen LogP contribution is 2.38. The molecular formula is C23H18BrClF3N3O3. The number of halogens is 5. The average Bonchev–Trinajstić information content (AvgIpc) is 2.79. The summed E-state index contributed by atoms with van der Waals surface area (Å²) in [6.07, 6.45) is -4.66. The van der Waals surface area contributed by atoms with E-state index in [9.17, 15) is 27.9 Å². The molecule has 3 aromatic rings. The van der Waals surface area contributed by atoms with Crippen LogP contribution in [0.5, 0.6) is 0 Å². The van der Waals surface area contributed by atoms with E-state index < -0.39 is 29.2 Å². The Hall–Kier alpha value is -3.08. The molecule has 11 heteroatoms. The van der Waals surface area contributed by atoms with Crippen molar-refractivity contribution >= 4 is 56.5 Å². The van der Waals surface area contributed by atoms with Crippen LogP contribution in [0.25, 0.3) is 0 Å². The fourth-order valence-electron chi connectivity index (χ4n) is 3.20. The van der Waals surface area contributed by atoms with E-state index in [0.29, 0.717) is 12.2 Å². The molecule has 0 bridgehead atoms. The van der Waals surface area contributed by atoms with Crippen LogP contribution < -0.4 is 16.0 Å². The predicted molar refractivity (Wildman–Crippen MR) is 128 cm³/mol. The second-order valence-corrected chi connectivity index (χ2v) is 8.49. The topological polar surface area (TPSA) is 95.7 Å². The normalized spacial score (nSPS) is 11.3. The lowest BCUT2D eigenvalue weighted by molar-refractivity contribution is -0.137. The van der Waals surface area contributed by atoms with E-state index in [-0.39, 0.29) is 26.4 Å². The monoisotopic (exact) mass is 555 g/mol. The first-order valence-electron chi connectivity index (χ1n) is 9.70. The van der Waals surface area contributed by atoms with Gasteiger partial charge in [0.25, 0.3) is 5.91 Å². The fraction of sp³-hybridized carbons (Fsp3) is 0.130. The van der Waals surface area contributed by atoms with E-state index >= 15 is 0 Å². The third-order valence-corrected chi connectivity index (χ3v) is 6.23. The zero-order valence-electron chi connectivity index (χ0n) is 17.6. The Balaban J connectivity index is 2.08. The third kappa shape index (κ3) is 5.52. The highest BCUT2D eigenvalue weighted by Gasteiger charge is 2.32. The number of hydrogen-bond acceptors (Lipinski definition) is 4. The molecule has 0 spiro atoms. The molecule has 34 heavy (non-hydrogen) atoms. The molecular weight excluding hydrogens is 539 g/mol. The van der Waals surface area contributed by atoms with E-state index in [1.54, 1.807) is 36.2 Å². The van der Waals surface area contributed by atoms with Gasteiger partial charge < -0.3 is 21.1 Å². The highest BCUT2D eigenvalue weighted by atomic mass is 79.9. The first-order valence-corrected chi connectivity index (χ1v) is 10.9. The molecule has 6 nitrogen and oxygen atoms in total. The van der Waals surface area contributed by atoms with Crippen molar-refractivity contribution in [2.75, 3.05) is 17.3 Å². The molecule has 0 saturated heterocycles. The van der Waals surface area contributed by atoms with E-state index in [1.807, 2.05) is 0 Å². The van der Waals surface area contributed by atoms with E-state index in [1.165, 1.54) is 12.1 Å². The Morgan fingerprint density at radius 3 is 2.29 bits per heavy atom. The van der Waals surface area contributed by atoms with Crippen LogP contribution in [-0.4, -0.2) is 24.0 Å². The quantitative estimate of drug-likeness (QED) is 0.331. The van der Waals surface area contributed by atoms with Crippen molar-refractivity contribution in [1.82, 2.24) is 0 Å². The summed E-state index contributed by atoms with van der Waals surface area (Å²) in [4.78, 5) is 26.2. The minimum atomic E-state index is -4.66. The maximum absolute atomic E-state index is 13.4. The molecule has 0 aliphatic heterocycles. The molecule has 0 fully saturated rings. The second kappa shape index (κ2) is 10.0. The molecule has 0 heterocycles. The largest absolute Gasteiger partial charge is 0.478 e. The Morgan fingerprint density at radius 2 is 1.74 bits per heavy atom. The number of nitrogens with one attached hydrogen (secondary N) is 1. The number of amides is 1. The van der Waals surface area contributed by atoms with Gasteiger partial charge in [0.15, 0.2) is 0 Å². The van der Waals surface area contributed by atoms with Gasteiger partial charge in [-0.25, -0.2) is 4.79 Å². The summed E-state index contributed by atoms with van der Waals surface area (Å²) in [5.74, 6) is -2.33. The van der Waals surface area contributed by atoms with Crippen LogP contribution in [0, 0.1) is 0 Å². The van der Waals surface area contributed by atoms with Crippen LogP contribution in [0.4, 0.5) is 30.2 Å². The smallest absolute Gasteiger partial charge is 0.416 e. The van der Waals surface area contributed by atoms with Gasteiger partial charge in [0.2, 0.25) is 0 Å². The second-order valence-electron chi connectivity index (χ2n) is 7.23. The van der Waals surface area contributed by atoms with Gasteiger partial charge in [0.05, 0.1) is 33.1 Å². The predicted octanol–water partition coefficient (Wildman–Crippen LogP) is 6.30. The summed E-state index contributed by atoms with van der Waals surface area (Å²) in [7, 11) is 1.62. The molecule has 3 rings (SSSR count). The summed E-state index contributed by atoms with van der Waals surface area (Å²) < 4.78 is 40.4. The summed E-state index contributed by atoms with van der Waals surface area (Å²) in [6.45, 7) is 0.328. The van der Waals surface area contributed by atoms with Crippen LogP contribution in [0.15, 0.2) is 59.1 Å². The van der Waals surface area contributed by atoms with Crippen molar-refractivity contribution in [1.29, 1.82) is 0 Å². The van der Waals surface area contributed by atoms with Crippen molar-refractivity contribution in [2.24, 2.45) is 5.73 Å². The van der Waals surface area contributed by atoms with Gasteiger partial charge in [-0.1, -0.05) is 23.7 Å². The number of aromatic carboxylic acids is 1. The van der Waals surface area contributed by atoms with Crippen LogP contribution in [0.1, 0.15) is 31.8 Å². The summed E-state index contributed by atoms with van der Waals surface area (Å²) in [5, 5.41) is 12.0. The van der Waals surface area contributed by atoms with Crippen LogP contribution >= 0.6 is 27.5 Å². The number of carboxylic acids is 1. The number of rotatable bonds is 6. The van der Waals surface area contributed by atoms with Crippen LogP contribution in [-0.2, 0) is 12.7 Å². The molecule has 0 unspecified atom stereocenters. The molecule has 0 aromatic heterocycles. The number of carboxylic acid groups (broad SMARTS) is 1. The van der Waals surface area contributed by atoms with Gasteiger partial charge >= 0.3 is 12.1 Å². The lowest BCUT2D eigenvalue weighted by Gasteiger charge is -2.24. The SMILES string of the molecule is CN(c1ccc(CN)cc1)c1ccc(C(F)(F)F)cc1NC(=O)c1cc(Br)c(Cl)cc1C(=O)O. The number of nitrogens with zero attached hydrogens (tertiary/aromatic N) is 1. The lowest BCUT2D eigenvalue weighted by atomic mass is 10.1. The molecule has 0 atom stereocenters. The number of nitrogens with two attached hydrogens (primary N) is 1. The first kappa shape index (κ1) is 25.5. The Morgan fingerprint density at radius 1 is 1.09 bits per heavy atom. The van der Waals surface area contributed by atoms with E-state index in [2.05, 4.69) is 21.2 Å². The van der Waals surface area contributed by atoms with Crippen molar-refractivity contribution in [3.63, 3.8) is 0 Å². The Kier molecular flexibility index (Phi) is 7.54. The zero-order chi connectivity index (χ0) is 25.2. The van der Waals surface area contributed by atoms with E-state index in [0.717, 1.165) is 23.8 Å². The molecule has 0 aliphatic carbocycles. The molecule has 3 aromatic carbocycles. The lowest BCUT2D eigenvalue weighted by Crippen LogP contribution is -2.20. The van der Waals surface area contributed by atoms with Gasteiger partial charge in [-0.05, 0) is 64.0 Å². The number of alkyl halides is 3. The minimum absolute atomic E-state index is 0.0642. The number of anilines is 3. The Labute approximate surface area is 206 Å². The summed E-state index contributed by atoms with van der Waals surface area (Å²) in [6, 6.07) is 12.2. The van der Waals surface area contributed by atoms with Crippen LogP contribution in [0.2, 0.25) is 5.02 Å². The van der Waals surface area contributed by atoms with Gasteiger partial charge in [0.1, 0.15) is 0 Å². The number of hydrogen-bond donors (Lipinski definition) is 3. The van der Waals surface area contributed by atoms with Crippen molar-refractivity contribution in [2.45, 2.75) is 12.7 Å². The number of benzene rings is 3. The van der Waals surface area contributed by atoms with Crippen molar-refractivity contribution in [3.05, 3.63) is 86.3 Å². The van der Waals surface area contributed by atoms with Gasteiger partial charge in [-0.3, -0.25) is 4.79 Å². The molecule has 0 aliphatic rings. The molecule has 4 N–H and O–H groups in total. The Bertz CT molecular complexity index is 1250. The molecule has 178 valence electrons. The average molecular weight is 557 g/mol. The standard InChI is InChI=1S/C23H18BrClF3N3O3/c1-31(14-5-2-12(11-29)3-6-14)20-7-4-13(23(26,27)28)8-19(20)30-21(32)15-9-17(24)18(25)10-16(15)22(33)34/h2-10H,11,29H2,1H3,(H,30,32)(H,33,34). The molecule has 0 radical (unpaired) electrons. The number of carbonyl (C=O) groups is 2. The maximum atomic E-state index is 13.4. The van der Waals surface area contributed by atoms with Gasteiger partial charge in [-0.15, -0.1) is 0 Å². The van der Waals surface area contributed by atoms with Crippen molar-refractivity contribution in [3.8, 4) is 0 Å².